The lowest BCUT2D eigenvalue weighted by molar-refractivity contribution is 0.107. The Balaban J connectivity index is 4.88. The fourth-order valence-corrected chi connectivity index (χ4v) is 2.94. The zero-order valence-corrected chi connectivity index (χ0v) is 16.3. The Bertz CT molecular complexity index is 249. The summed E-state index contributed by atoms with van der Waals surface area (Å²) in [5, 5.41) is 3.75. The van der Waals surface area contributed by atoms with Gasteiger partial charge in [-0.15, -0.1) is 0 Å². The molecule has 1 N–H and O–H groups in total. The van der Waals surface area contributed by atoms with E-state index >= 15 is 0 Å². The van der Waals surface area contributed by atoms with Gasteiger partial charge in [-0.05, 0) is 50.9 Å². The molecule has 0 amide bonds. The zero-order valence-electron chi connectivity index (χ0n) is 16.3. The highest BCUT2D eigenvalue weighted by Crippen LogP contribution is 2.28. The summed E-state index contributed by atoms with van der Waals surface area (Å²) in [7, 11) is 0. The van der Waals surface area contributed by atoms with E-state index in [1.54, 1.807) is 0 Å². The standard InChI is InChI=1S/C19H42N2/c1-10-19(11-2,14-20-18(7,8)9)15-21(12-16(3)4)13-17(5)6/h16-17,20H,10-15H2,1-9H3. The summed E-state index contributed by atoms with van der Waals surface area (Å²) >= 11 is 0. The molecule has 0 radical (unpaired) electrons. The number of hydrogen-bond donors (Lipinski definition) is 1. The molecule has 2 nitrogen and oxygen atoms in total. The van der Waals surface area contributed by atoms with E-state index in [0.29, 0.717) is 5.41 Å². The molecule has 0 atom stereocenters. The van der Waals surface area contributed by atoms with E-state index in [-0.39, 0.29) is 5.54 Å². The average Bonchev–Trinajstić information content (AvgIpc) is 2.32. The van der Waals surface area contributed by atoms with Crippen LogP contribution in [0.15, 0.2) is 0 Å². The molecule has 0 aliphatic heterocycles. The van der Waals surface area contributed by atoms with E-state index < -0.39 is 0 Å². The molecule has 0 aliphatic rings. The number of nitrogens with zero attached hydrogens (tertiary/aromatic N) is 1. The average molecular weight is 299 g/mol. The van der Waals surface area contributed by atoms with Gasteiger partial charge in [0.25, 0.3) is 0 Å². The number of hydrogen-bond acceptors (Lipinski definition) is 2. The van der Waals surface area contributed by atoms with Crippen molar-refractivity contribution >= 4 is 0 Å². The molecule has 0 heterocycles. The summed E-state index contributed by atoms with van der Waals surface area (Å²) in [5.74, 6) is 1.48. The van der Waals surface area contributed by atoms with E-state index in [0.717, 1.165) is 18.4 Å². The Labute approximate surface area is 135 Å². The van der Waals surface area contributed by atoms with Crippen LogP contribution < -0.4 is 5.32 Å². The molecule has 0 aromatic carbocycles. The van der Waals surface area contributed by atoms with Gasteiger partial charge in [0.05, 0.1) is 0 Å². The van der Waals surface area contributed by atoms with Crippen molar-refractivity contribution in [2.75, 3.05) is 26.2 Å². The quantitative estimate of drug-likeness (QED) is 0.623. The van der Waals surface area contributed by atoms with Crippen molar-refractivity contribution < 1.29 is 0 Å². The smallest absolute Gasteiger partial charge is 0.00967 e. The van der Waals surface area contributed by atoms with Crippen LogP contribution in [0.1, 0.15) is 75.2 Å². The molecule has 0 saturated carbocycles. The minimum atomic E-state index is 0.205. The van der Waals surface area contributed by atoms with Gasteiger partial charge in [0.15, 0.2) is 0 Å². The number of rotatable bonds is 10. The van der Waals surface area contributed by atoms with Gasteiger partial charge < -0.3 is 10.2 Å². The maximum atomic E-state index is 3.75. The van der Waals surface area contributed by atoms with Gasteiger partial charge in [-0.3, -0.25) is 0 Å². The highest BCUT2D eigenvalue weighted by atomic mass is 15.1. The van der Waals surface area contributed by atoms with Crippen LogP contribution in [0.3, 0.4) is 0 Å². The van der Waals surface area contributed by atoms with Gasteiger partial charge in [-0.25, -0.2) is 0 Å². The Hall–Kier alpha value is -0.0800. The van der Waals surface area contributed by atoms with Crippen LogP contribution in [0.5, 0.6) is 0 Å². The largest absolute Gasteiger partial charge is 0.311 e. The van der Waals surface area contributed by atoms with Gasteiger partial charge >= 0.3 is 0 Å². The Morgan fingerprint density at radius 3 is 1.57 bits per heavy atom. The molecule has 128 valence electrons. The molecule has 0 saturated heterocycles. The molecule has 0 aliphatic carbocycles. The van der Waals surface area contributed by atoms with Crippen LogP contribution in [0.4, 0.5) is 0 Å². The maximum absolute atomic E-state index is 3.75. The molecule has 0 spiro atoms. The summed E-state index contributed by atoms with van der Waals surface area (Å²) in [4.78, 5) is 2.70. The van der Waals surface area contributed by atoms with Crippen LogP contribution in [-0.4, -0.2) is 36.6 Å². The maximum Gasteiger partial charge on any atom is 0.00967 e. The Kier molecular flexibility index (Phi) is 9.11. The number of nitrogens with one attached hydrogen (secondary N) is 1. The molecular formula is C19H42N2. The SMILES string of the molecule is CCC(CC)(CNC(C)(C)C)CN(CC(C)C)CC(C)C. The van der Waals surface area contributed by atoms with Crippen LogP contribution in [0.2, 0.25) is 0 Å². The molecule has 0 bridgehead atoms. The first kappa shape index (κ1) is 20.9. The van der Waals surface area contributed by atoms with Crippen molar-refractivity contribution in [3.8, 4) is 0 Å². The van der Waals surface area contributed by atoms with E-state index in [2.05, 4.69) is 72.5 Å². The Morgan fingerprint density at radius 1 is 0.857 bits per heavy atom. The third kappa shape index (κ3) is 9.52. The molecule has 0 aromatic rings. The zero-order chi connectivity index (χ0) is 16.7. The van der Waals surface area contributed by atoms with E-state index in [4.69, 9.17) is 0 Å². The highest BCUT2D eigenvalue weighted by molar-refractivity contribution is 4.86. The summed E-state index contributed by atoms with van der Waals surface area (Å²) < 4.78 is 0. The highest BCUT2D eigenvalue weighted by Gasteiger charge is 2.30. The van der Waals surface area contributed by atoms with Crippen molar-refractivity contribution in [3.63, 3.8) is 0 Å². The first-order chi connectivity index (χ1) is 9.53. The predicted molar refractivity (Wildman–Crippen MR) is 96.9 cm³/mol. The first-order valence-corrected chi connectivity index (χ1v) is 9.01. The molecule has 0 rings (SSSR count). The summed E-state index contributed by atoms with van der Waals surface area (Å²) in [5.41, 5.74) is 0.605. The minimum absolute atomic E-state index is 0.205. The van der Waals surface area contributed by atoms with E-state index in [1.165, 1.54) is 32.5 Å². The van der Waals surface area contributed by atoms with Crippen molar-refractivity contribution in [3.05, 3.63) is 0 Å². The van der Waals surface area contributed by atoms with Crippen LogP contribution in [0, 0.1) is 17.3 Å². The van der Waals surface area contributed by atoms with E-state index in [1.807, 2.05) is 0 Å². The fourth-order valence-electron chi connectivity index (χ4n) is 2.94. The second-order valence-electron chi connectivity index (χ2n) is 8.79. The van der Waals surface area contributed by atoms with Crippen molar-refractivity contribution in [1.29, 1.82) is 0 Å². The van der Waals surface area contributed by atoms with Crippen LogP contribution in [-0.2, 0) is 0 Å². The lowest BCUT2D eigenvalue weighted by Gasteiger charge is -2.40. The van der Waals surface area contributed by atoms with Crippen LogP contribution in [0.25, 0.3) is 0 Å². The second kappa shape index (κ2) is 9.15. The second-order valence-corrected chi connectivity index (χ2v) is 8.79. The lowest BCUT2D eigenvalue weighted by atomic mass is 9.80. The predicted octanol–water partition coefficient (Wildman–Crippen LogP) is 4.79. The van der Waals surface area contributed by atoms with Crippen molar-refractivity contribution in [2.24, 2.45) is 17.3 Å². The lowest BCUT2D eigenvalue weighted by Crippen LogP contribution is -2.49. The summed E-state index contributed by atoms with van der Waals surface area (Å²) in [6.45, 7) is 25.6. The fraction of sp³-hybridized carbons (Fsp3) is 1.00. The molecule has 0 unspecified atom stereocenters. The molecule has 0 fully saturated rings. The molecule has 2 heteroatoms. The third-order valence-corrected chi connectivity index (χ3v) is 4.30. The van der Waals surface area contributed by atoms with Crippen molar-refractivity contribution in [1.82, 2.24) is 10.2 Å². The van der Waals surface area contributed by atoms with Gasteiger partial charge in [-0.2, -0.15) is 0 Å². The van der Waals surface area contributed by atoms with Crippen molar-refractivity contribution in [2.45, 2.75) is 80.7 Å². The molecule has 0 aromatic heterocycles. The van der Waals surface area contributed by atoms with Gasteiger partial charge in [0.2, 0.25) is 0 Å². The van der Waals surface area contributed by atoms with Gasteiger partial charge in [-0.1, -0.05) is 41.5 Å². The normalized spacial score (nSPS) is 13.7. The first-order valence-electron chi connectivity index (χ1n) is 9.01. The van der Waals surface area contributed by atoms with E-state index in [9.17, 15) is 0 Å². The summed E-state index contributed by atoms with van der Waals surface area (Å²) in [6, 6.07) is 0. The minimum Gasteiger partial charge on any atom is -0.311 e. The monoisotopic (exact) mass is 298 g/mol. The van der Waals surface area contributed by atoms with Gasteiger partial charge in [0, 0.05) is 31.7 Å². The Morgan fingerprint density at radius 2 is 1.29 bits per heavy atom. The molecule has 21 heavy (non-hydrogen) atoms. The topological polar surface area (TPSA) is 15.3 Å². The third-order valence-electron chi connectivity index (χ3n) is 4.30. The summed E-state index contributed by atoms with van der Waals surface area (Å²) in [6.07, 6.45) is 2.50. The van der Waals surface area contributed by atoms with Gasteiger partial charge in [0.1, 0.15) is 0 Å². The van der Waals surface area contributed by atoms with Crippen LogP contribution >= 0.6 is 0 Å². The molecular weight excluding hydrogens is 256 g/mol.